The fraction of sp³-hybridized carbons (Fsp3) is 1.00. The first kappa shape index (κ1) is 66.7. The van der Waals surface area contributed by atoms with Crippen molar-refractivity contribution in [1.82, 2.24) is 20.9 Å². The Balaban J connectivity index is 3.56. The second-order valence-corrected chi connectivity index (χ2v) is 14.9. The molecule has 1 aliphatic rings. The fourth-order valence-electron chi connectivity index (χ4n) is 5.90. The van der Waals surface area contributed by atoms with Crippen LogP contribution in [0.2, 0.25) is 0 Å². The average molecular weight is 1120 g/mol. The Morgan fingerprint density at radius 1 is 0.282 bits per heavy atom. The lowest BCUT2D eigenvalue weighted by Crippen LogP contribution is -2.71. The number of nitrogens with one attached hydrogen (secondary N) is 3. The highest BCUT2D eigenvalue weighted by atomic mass is 19.5. The molecule has 0 aromatic heterocycles. The maximum atomic E-state index is 13.7. The number of alkyl halides is 27. The first-order valence-corrected chi connectivity index (χ1v) is 19.6. The Labute approximate surface area is 382 Å². The van der Waals surface area contributed by atoms with Crippen LogP contribution in [0.15, 0.2) is 0 Å². The number of nitrogens with zero attached hydrogens (tertiary/aromatic N) is 1. The van der Waals surface area contributed by atoms with Crippen molar-refractivity contribution >= 4 is 0 Å². The molecule has 1 saturated heterocycles. The maximum absolute atomic E-state index is 13.7. The molecule has 0 aliphatic carbocycles. The van der Waals surface area contributed by atoms with Gasteiger partial charge in [-0.2, -0.15) is 119 Å². The van der Waals surface area contributed by atoms with Gasteiger partial charge in [0.1, 0.15) is 0 Å². The summed E-state index contributed by atoms with van der Waals surface area (Å²) in [5, 5.41) is 9.67. The molecule has 3 N–H and O–H groups in total. The summed E-state index contributed by atoms with van der Waals surface area (Å²) in [6, 6.07) is 0. The van der Waals surface area contributed by atoms with E-state index in [1.807, 2.05) is 0 Å². The van der Waals surface area contributed by atoms with E-state index < -0.39 is 131 Å². The Hall–Kier alpha value is -2.33. The lowest BCUT2D eigenvalue weighted by atomic mass is 9.89. The van der Waals surface area contributed by atoms with Gasteiger partial charge in [0.25, 0.3) is 0 Å². The predicted octanol–water partition coefficient (Wildman–Crippen LogP) is 7.45. The lowest BCUT2D eigenvalue weighted by Gasteiger charge is -2.45. The minimum absolute atomic E-state index is 0.0671. The Morgan fingerprint density at radius 3 is 0.761 bits per heavy atom. The molecule has 11 nitrogen and oxygen atoms in total. The van der Waals surface area contributed by atoms with Crippen LogP contribution in [0.3, 0.4) is 0 Å². The summed E-state index contributed by atoms with van der Waals surface area (Å²) < 4.78 is 399. The van der Waals surface area contributed by atoms with E-state index in [-0.39, 0.29) is 19.8 Å². The molecule has 1 aliphatic heterocycles. The van der Waals surface area contributed by atoms with Gasteiger partial charge < -0.3 is 49.1 Å². The largest absolute Gasteiger partial charge is 0.435 e. The van der Waals surface area contributed by atoms with E-state index >= 15 is 0 Å². The molecule has 0 atom stereocenters. The zero-order chi connectivity index (χ0) is 55.3. The van der Waals surface area contributed by atoms with E-state index in [1.54, 1.807) is 0 Å². The number of ether oxygens (including phenoxy) is 7. The average Bonchev–Trinajstić information content (AvgIpc) is 3.13. The standard InChI is InChI=1S/C33H43F27N4O7/c34-25(35,36)22(26(37,38)39,27(40,41)42)69-18-21(19-70-23(28(43,44)45,29(46,47)48)30(49,50)51,20-71-24(31(52,53)54,32(55,56)57)33(58,59)60)17-68-16-15-67-14-13-66-12-11-65-10-9-64-7-5-62-3-1-61-2-4-63-6-8-64/h61-63H,1-20H2. The highest BCUT2D eigenvalue weighted by molar-refractivity contribution is 5.07. The van der Waals surface area contributed by atoms with Crippen LogP contribution >= 0.6 is 0 Å². The third-order valence-corrected chi connectivity index (χ3v) is 9.62. The highest BCUT2D eigenvalue weighted by Gasteiger charge is 2.88. The van der Waals surface area contributed by atoms with E-state index in [1.165, 1.54) is 0 Å². The van der Waals surface area contributed by atoms with Crippen LogP contribution in [0.5, 0.6) is 0 Å². The van der Waals surface area contributed by atoms with Crippen LogP contribution in [0.25, 0.3) is 0 Å². The van der Waals surface area contributed by atoms with Crippen molar-refractivity contribution in [3.8, 4) is 0 Å². The number of rotatable bonds is 23. The van der Waals surface area contributed by atoms with Crippen LogP contribution in [-0.2, 0) is 33.2 Å². The zero-order valence-corrected chi connectivity index (χ0v) is 35.7. The molecule has 0 unspecified atom stereocenters. The van der Waals surface area contributed by atoms with Crippen LogP contribution in [0.4, 0.5) is 119 Å². The molecule has 0 aromatic rings. The monoisotopic (exact) mass is 1120 g/mol. The van der Waals surface area contributed by atoms with E-state index in [9.17, 15) is 119 Å². The molecule has 0 spiro atoms. The summed E-state index contributed by atoms with van der Waals surface area (Å²) >= 11 is 0. The van der Waals surface area contributed by atoms with Crippen molar-refractivity contribution < 1.29 is 152 Å². The topological polar surface area (TPSA) is 104 Å². The Morgan fingerprint density at radius 2 is 0.507 bits per heavy atom. The molecule has 0 saturated carbocycles. The molecule has 0 aromatic carbocycles. The molecular formula is C33H43F27N4O7. The number of hydrogen-bond acceptors (Lipinski definition) is 11. The number of hydrogen-bond donors (Lipinski definition) is 3. The molecule has 71 heavy (non-hydrogen) atoms. The second kappa shape index (κ2) is 25.5. The molecule has 0 radical (unpaired) electrons. The van der Waals surface area contributed by atoms with Crippen LogP contribution in [-0.4, -0.2) is 209 Å². The first-order valence-electron chi connectivity index (χ1n) is 19.6. The Kier molecular flexibility index (Phi) is 23.9. The summed E-state index contributed by atoms with van der Waals surface area (Å²) in [4.78, 5) is 2.06. The van der Waals surface area contributed by atoms with Gasteiger partial charge in [0.05, 0.1) is 78.1 Å². The van der Waals surface area contributed by atoms with E-state index in [4.69, 9.17) is 14.2 Å². The summed E-state index contributed by atoms with van der Waals surface area (Å²) in [5.41, 5.74) is -28.9. The SMILES string of the molecule is FC(F)(F)C(OCC(COCCOCCOCCOCCN1CCNCCNCCNCC1)(COC(C(F)(F)F)(C(F)(F)F)C(F)(F)F)COC(C(F)(F)F)(C(F)(F)F)C(F)(F)F)(C(F)(F)F)C(F)(F)F. The van der Waals surface area contributed by atoms with E-state index in [0.29, 0.717) is 45.8 Å². The summed E-state index contributed by atoms with van der Waals surface area (Å²) in [5.74, 6) is 0. The molecule has 0 amide bonds. The quantitative estimate of drug-likeness (QED) is 0.0703. The van der Waals surface area contributed by atoms with Crippen LogP contribution in [0, 0.1) is 5.41 Å². The second-order valence-electron chi connectivity index (χ2n) is 14.9. The van der Waals surface area contributed by atoms with Crippen LogP contribution in [0.1, 0.15) is 0 Å². The lowest BCUT2D eigenvalue weighted by molar-refractivity contribution is -0.474. The maximum Gasteiger partial charge on any atom is 0.435 e. The van der Waals surface area contributed by atoms with Crippen molar-refractivity contribution in [1.29, 1.82) is 0 Å². The minimum atomic E-state index is -8.06. The van der Waals surface area contributed by atoms with Gasteiger partial charge in [-0.1, -0.05) is 0 Å². The molecule has 1 rings (SSSR count). The van der Waals surface area contributed by atoms with E-state index in [0.717, 1.165) is 13.1 Å². The summed E-state index contributed by atoms with van der Waals surface area (Å²) in [6.45, 7) is -12.8. The van der Waals surface area contributed by atoms with Crippen molar-refractivity contribution in [2.24, 2.45) is 5.41 Å². The van der Waals surface area contributed by atoms with Gasteiger partial charge in [-0.15, -0.1) is 0 Å². The van der Waals surface area contributed by atoms with Crippen molar-refractivity contribution in [3.05, 3.63) is 0 Å². The van der Waals surface area contributed by atoms with Gasteiger partial charge >= 0.3 is 72.4 Å². The van der Waals surface area contributed by atoms with Gasteiger partial charge in [-0.25, -0.2) is 0 Å². The van der Waals surface area contributed by atoms with Gasteiger partial charge in [-0.3, -0.25) is 4.90 Å². The third kappa shape index (κ3) is 17.1. The molecule has 1 fully saturated rings. The smallest absolute Gasteiger partial charge is 0.378 e. The predicted molar refractivity (Wildman–Crippen MR) is 181 cm³/mol. The van der Waals surface area contributed by atoms with Crippen molar-refractivity contribution in [3.63, 3.8) is 0 Å². The normalized spacial score (nSPS) is 17.6. The van der Waals surface area contributed by atoms with E-state index in [2.05, 4.69) is 39.8 Å². The fourth-order valence-corrected chi connectivity index (χ4v) is 5.90. The molecular weight excluding hydrogens is 1080 g/mol. The minimum Gasteiger partial charge on any atom is -0.378 e. The summed E-state index contributed by atoms with van der Waals surface area (Å²) in [7, 11) is 0. The third-order valence-electron chi connectivity index (χ3n) is 9.62. The number of halogens is 27. The van der Waals surface area contributed by atoms with Gasteiger partial charge in [-0.05, 0) is 0 Å². The first-order chi connectivity index (χ1) is 31.9. The van der Waals surface area contributed by atoms with Gasteiger partial charge in [0, 0.05) is 58.9 Å². The van der Waals surface area contributed by atoms with Gasteiger partial charge in [0.2, 0.25) is 0 Å². The highest BCUT2D eigenvalue weighted by Crippen LogP contribution is 2.59. The van der Waals surface area contributed by atoms with Gasteiger partial charge in [0.15, 0.2) is 0 Å². The van der Waals surface area contributed by atoms with Crippen molar-refractivity contribution in [2.75, 3.05) is 132 Å². The summed E-state index contributed by atoms with van der Waals surface area (Å²) in [6.07, 6.45) is -72.5. The molecule has 38 heteroatoms. The molecule has 426 valence electrons. The Bertz CT molecular complexity index is 1280. The molecule has 0 bridgehead atoms. The van der Waals surface area contributed by atoms with Crippen molar-refractivity contribution in [2.45, 2.75) is 72.4 Å². The van der Waals surface area contributed by atoms with Crippen LogP contribution < -0.4 is 16.0 Å². The molecule has 1 heterocycles. The zero-order valence-electron chi connectivity index (χ0n) is 35.7.